The van der Waals surface area contributed by atoms with E-state index < -0.39 is 0 Å². The molecule has 140 valence electrons. The highest BCUT2D eigenvalue weighted by Crippen LogP contribution is 2.28. The molecule has 0 heterocycles. The maximum absolute atomic E-state index is 12.3. The maximum atomic E-state index is 12.3. The van der Waals surface area contributed by atoms with E-state index >= 15 is 0 Å². The number of hydrogen-bond acceptors (Lipinski definition) is 4. The Kier molecular flexibility index (Phi) is 8.48. The monoisotopic (exact) mass is 367 g/mol. The highest BCUT2D eigenvalue weighted by molar-refractivity contribution is 7.80. The van der Waals surface area contributed by atoms with E-state index in [0.29, 0.717) is 35.4 Å². The van der Waals surface area contributed by atoms with Crippen molar-refractivity contribution in [2.75, 3.05) is 13.2 Å². The summed E-state index contributed by atoms with van der Waals surface area (Å²) in [6.45, 7) is 11.0. The fourth-order valence-corrected chi connectivity index (χ4v) is 2.28. The molecule has 0 aliphatic rings. The number of thiocarbonyl (C=S) groups is 1. The summed E-state index contributed by atoms with van der Waals surface area (Å²) in [5.41, 5.74) is 5.54. The number of carbonyl (C=O) groups is 1. The lowest BCUT2D eigenvalue weighted by molar-refractivity contribution is 0.0942. The molecule has 0 atom stereocenters. The third-order valence-electron chi connectivity index (χ3n) is 3.04. The highest BCUT2D eigenvalue weighted by Gasteiger charge is 2.14. The van der Waals surface area contributed by atoms with Gasteiger partial charge in [-0.05, 0) is 64.5 Å². The third kappa shape index (κ3) is 8.07. The van der Waals surface area contributed by atoms with Crippen LogP contribution in [0.4, 0.5) is 0 Å². The molecule has 0 bridgehead atoms. The van der Waals surface area contributed by atoms with Crippen molar-refractivity contribution in [3.8, 4) is 11.5 Å². The SMILES string of the molecule is CCCCOc1ccc(C(=O)NNC(=S)NC(C)(C)C)cc1OCC. The lowest BCUT2D eigenvalue weighted by Gasteiger charge is -2.23. The van der Waals surface area contributed by atoms with Crippen LogP contribution in [-0.2, 0) is 0 Å². The molecule has 0 aliphatic heterocycles. The van der Waals surface area contributed by atoms with Gasteiger partial charge in [-0.1, -0.05) is 13.3 Å². The van der Waals surface area contributed by atoms with E-state index in [1.54, 1.807) is 18.2 Å². The first-order valence-corrected chi connectivity index (χ1v) is 8.95. The molecule has 25 heavy (non-hydrogen) atoms. The second kappa shape index (κ2) is 10.1. The molecule has 6 nitrogen and oxygen atoms in total. The molecule has 0 saturated carbocycles. The van der Waals surface area contributed by atoms with Crippen molar-refractivity contribution < 1.29 is 14.3 Å². The molecule has 1 amide bonds. The predicted molar refractivity (Wildman–Crippen MR) is 104 cm³/mol. The minimum atomic E-state index is -0.306. The minimum Gasteiger partial charge on any atom is -0.490 e. The summed E-state index contributed by atoms with van der Waals surface area (Å²) >= 11 is 5.14. The molecule has 0 unspecified atom stereocenters. The number of ether oxygens (including phenoxy) is 2. The summed E-state index contributed by atoms with van der Waals surface area (Å²) in [5.74, 6) is 0.894. The Morgan fingerprint density at radius 1 is 1.12 bits per heavy atom. The lowest BCUT2D eigenvalue weighted by atomic mass is 10.1. The number of unbranched alkanes of at least 4 members (excludes halogenated alkanes) is 1. The number of hydrogen-bond donors (Lipinski definition) is 3. The standard InChI is InChI=1S/C18H29N3O3S/c1-6-8-11-24-14-10-9-13(12-15(14)23-7-2)16(22)20-21-17(25)19-18(3,4)5/h9-10,12H,6-8,11H2,1-5H3,(H,20,22)(H2,19,21,25). The molecular formula is C18H29N3O3S. The third-order valence-corrected chi connectivity index (χ3v) is 3.24. The molecule has 1 rings (SSSR count). The Balaban J connectivity index is 2.71. The Bertz CT molecular complexity index is 585. The second-order valence-electron chi connectivity index (χ2n) is 6.58. The van der Waals surface area contributed by atoms with Gasteiger partial charge in [0.25, 0.3) is 5.91 Å². The van der Waals surface area contributed by atoms with Gasteiger partial charge in [0.15, 0.2) is 16.6 Å². The number of hydrazine groups is 1. The topological polar surface area (TPSA) is 71.6 Å². The number of nitrogens with one attached hydrogen (secondary N) is 3. The Hall–Kier alpha value is -2.02. The van der Waals surface area contributed by atoms with Gasteiger partial charge in [0.2, 0.25) is 0 Å². The first-order valence-electron chi connectivity index (χ1n) is 8.55. The summed E-state index contributed by atoms with van der Waals surface area (Å²) in [6, 6.07) is 5.12. The molecule has 7 heteroatoms. The van der Waals surface area contributed by atoms with Gasteiger partial charge >= 0.3 is 0 Å². The summed E-state index contributed by atoms with van der Waals surface area (Å²) in [5, 5.41) is 3.41. The van der Waals surface area contributed by atoms with Gasteiger partial charge in [0.1, 0.15) is 0 Å². The van der Waals surface area contributed by atoms with E-state index in [9.17, 15) is 4.79 Å². The first-order chi connectivity index (χ1) is 11.8. The smallest absolute Gasteiger partial charge is 0.269 e. The van der Waals surface area contributed by atoms with Crippen LogP contribution in [0, 0.1) is 0 Å². The molecule has 1 aromatic rings. The van der Waals surface area contributed by atoms with Crippen molar-refractivity contribution in [2.45, 2.75) is 53.0 Å². The van der Waals surface area contributed by atoms with Crippen molar-refractivity contribution in [1.82, 2.24) is 16.2 Å². The fourth-order valence-electron chi connectivity index (χ4n) is 1.92. The quantitative estimate of drug-likeness (QED) is 0.391. The van der Waals surface area contributed by atoms with Gasteiger partial charge in [-0.25, -0.2) is 0 Å². The molecule has 0 saturated heterocycles. The molecule has 0 aromatic heterocycles. The van der Waals surface area contributed by atoms with Crippen molar-refractivity contribution in [3.63, 3.8) is 0 Å². The zero-order valence-electron chi connectivity index (χ0n) is 15.7. The number of rotatable bonds is 7. The van der Waals surface area contributed by atoms with Gasteiger partial charge in [-0.2, -0.15) is 0 Å². The molecule has 3 N–H and O–H groups in total. The molecule has 0 fully saturated rings. The Labute approximate surface area is 155 Å². The fraction of sp³-hybridized carbons (Fsp3) is 0.556. The van der Waals surface area contributed by atoms with Crippen LogP contribution in [0.1, 0.15) is 57.8 Å². The molecule has 1 aromatic carbocycles. The van der Waals surface area contributed by atoms with E-state index in [1.807, 2.05) is 27.7 Å². The van der Waals surface area contributed by atoms with Crippen LogP contribution in [0.25, 0.3) is 0 Å². The Morgan fingerprint density at radius 3 is 2.44 bits per heavy atom. The largest absolute Gasteiger partial charge is 0.490 e. The number of benzene rings is 1. The van der Waals surface area contributed by atoms with Crippen molar-refractivity contribution >= 4 is 23.2 Å². The van der Waals surface area contributed by atoms with Crippen molar-refractivity contribution in [1.29, 1.82) is 0 Å². The molecule has 0 spiro atoms. The number of carbonyl (C=O) groups excluding carboxylic acids is 1. The maximum Gasteiger partial charge on any atom is 0.269 e. The van der Waals surface area contributed by atoms with Gasteiger partial charge in [-0.3, -0.25) is 15.6 Å². The van der Waals surface area contributed by atoms with Crippen molar-refractivity contribution in [3.05, 3.63) is 23.8 Å². The molecular weight excluding hydrogens is 338 g/mol. The van der Waals surface area contributed by atoms with Crippen molar-refractivity contribution in [2.24, 2.45) is 0 Å². The molecule has 0 aliphatic carbocycles. The normalized spacial score (nSPS) is 10.8. The first kappa shape index (κ1) is 21.0. The van der Waals surface area contributed by atoms with Gasteiger partial charge in [-0.15, -0.1) is 0 Å². The summed E-state index contributed by atoms with van der Waals surface area (Å²) < 4.78 is 11.3. The van der Waals surface area contributed by atoms with E-state index in [-0.39, 0.29) is 11.4 Å². The average molecular weight is 368 g/mol. The zero-order chi connectivity index (χ0) is 18.9. The van der Waals surface area contributed by atoms with Crippen LogP contribution < -0.4 is 25.6 Å². The lowest BCUT2D eigenvalue weighted by Crippen LogP contribution is -2.52. The Morgan fingerprint density at radius 2 is 1.84 bits per heavy atom. The molecule has 0 radical (unpaired) electrons. The van der Waals surface area contributed by atoms with Crippen LogP contribution in [0.15, 0.2) is 18.2 Å². The highest BCUT2D eigenvalue weighted by atomic mass is 32.1. The van der Waals surface area contributed by atoms with Gasteiger partial charge in [0.05, 0.1) is 13.2 Å². The van der Waals surface area contributed by atoms with Crippen LogP contribution in [0.5, 0.6) is 11.5 Å². The zero-order valence-corrected chi connectivity index (χ0v) is 16.5. The van der Waals surface area contributed by atoms with Crippen LogP contribution in [0.2, 0.25) is 0 Å². The average Bonchev–Trinajstić information content (AvgIpc) is 2.52. The van der Waals surface area contributed by atoms with E-state index in [2.05, 4.69) is 23.1 Å². The van der Waals surface area contributed by atoms with Gasteiger partial charge < -0.3 is 14.8 Å². The number of amides is 1. The second-order valence-corrected chi connectivity index (χ2v) is 6.99. The van der Waals surface area contributed by atoms with Crippen LogP contribution in [0.3, 0.4) is 0 Å². The van der Waals surface area contributed by atoms with E-state index in [0.717, 1.165) is 12.8 Å². The summed E-state index contributed by atoms with van der Waals surface area (Å²) in [4.78, 5) is 12.3. The van der Waals surface area contributed by atoms with E-state index in [1.165, 1.54) is 0 Å². The summed E-state index contributed by atoms with van der Waals surface area (Å²) in [7, 11) is 0. The van der Waals surface area contributed by atoms with Gasteiger partial charge in [0, 0.05) is 11.1 Å². The van der Waals surface area contributed by atoms with Crippen LogP contribution >= 0.6 is 12.2 Å². The predicted octanol–water partition coefficient (Wildman–Crippen LogP) is 3.17. The van der Waals surface area contributed by atoms with E-state index in [4.69, 9.17) is 21.7 Å². The minimum absolute atomic E-state index is 0.186. The summed E-state index contributed by atoms with van der Waals surface area (Å²) in [6.07, 6.45) is 2.02. The van der Waals surface area contributed by atoms with Crippen LogP contribution in [-0.4, -0.2) is 29.8 Å².